The Bertz CT molecular complexity index is 1850. The van der Waals surface area contributed by atoms with Crippen molar-refractivity contribution in [2.24, 2.45) is 17.8 Å². The zero-order chi connectivity index (χ0) is 41.1. The third kappa shape index (κ3) is 7.25. The molecule has 6 rings (SSSR count). The fourth-order valence-electron chi connectivity index (χ4n) is 9.06. The van der Waals surface area contributed by atoms with Crippen molar-refractivity contribution in [1.82, 2.24) is 15.4 Å². The molecule has 4 aliphatic rings. The van der Waals surface area contributed by atoms with Crippen molar-refractivity contribution < 1.29 is 33.1 Å². The van der Waals surface area contributed by atoms with Crippen molar-refractivity contribution in [3.8, 4) is 11.6 Å². The van der Waals surface area contributed by atoms with Crippen LogP contribution in [0.15, 0.2) is 21.9 Å². The average molecular weight is 793 g/mol. The van der Waals surface area contributed by atoms with Crippen LogP contribution in [0.5, 0.6) is 11.6 Å². The topological polar surface area (TPSA) is 127 Å². The van der Waals surface area contributed by atoms with Gasteiger partial charge < -0.3 is 33.7 Å². The predicted octanol–water partition coefficient (Wildman–Crippen LogP) is 8.82. The third-order valence-electron chi connectivity index (χ3n) is 13.4. The normalized spacial score (nSPS) is 23.9. The van der Waals surface area contributed by atoms with Crippen molar-refractivity contribution in [3.05, 3.63) is 45.4 Å². The van der Waals surface area contributed by atoms with Gasteiger partial charge in [0.15, 0.2) is 25.5 Å². The summed E-state index contributed by atoms with van der Waals surface area (Å²) in [6, 6.07) is 1.53. The number of nitrogens with zero attached hydrogens (tertiary/aromatic N) is 3. The van der Waals surface area contributed by atoms with Crippen molar-refractivity contribution in [2.45, 2.75) is 142 Å². The number of aliphatic hydroxyl groups is 1. The zero-order valence-corrected chi connectivity index (χ0v) is 37.4. The van der Waals surface area contributed by atoms with E-state index in [1.807, 2.05) is 39.2 Å². The number of aliphatic hydroxyl groups excluding tert-OH is 1. The van der Waals surface area contributed by atoms with Crippen LogP contribution in [0.4, 0.5) is 5.69 Å². The van der Waals surface area contributed by atoms with Crippen LogP contribution in [0.3, 0.4) is 0 Å². The van der Waals surface area contributed by atoms with E-state index in [-0.39, 0.29) is 45.1 Å². The van der Waals surface area contributed by atoms with E-state index in [1.165, 1.54) is 12.8 Å². The minimum absolute atomic E-state index is 0.0216. The SMILES string of the molecule is CCCCOc1cc(CNC(C)(C)C2CC2)c(N(C)C)c2c1C(=O)C1=C(O)[C@]3(O[Si](C)(C)C(C)(C)C)C(=O)c4c(OCCCC)noc4[C@@H](N(C)C)[C@@H]3C[C@@H]1C2. The van der Waals surface area contributed by atoms with Gasteiger partial charge in [-0.15, -0.1) is 0 Å². The smallest absolute Gasteiger partial charge is 0.265 e. The molecule has 0 amide bonds. The second-order valence-corrected chi connectivity index (χ2v) is 24.0. The summed E-state index contributed by atoms with van der Waals surface area (Å²) in [5.74, 6) is -0.325. The number of anilines is 1. The van der Waals surface area contributed by atoms with Crippen LogP contribution < -0.4 is 19.7 Å². The maximum atomic E-state index is 15.5. The molecule has 1 heterocycles. The molecule has 1 fully saturated rings. The van der Waals surface area contributed by atoms with Crippen LogP contribution >= 0.6 is 0 Å². The van der Waals surface area contributed by atoms with E-state index >= 15 is 9.59 Å². The van der Waals surface area contributed by atoms with E-state index < -0.39 is 31.7 Å². The van der Waals surface area contributed by atoms with Gasteiger partial charge in [0.05, 0.1) is 24.8 Å². The van der Waals surface area contributed by atoms with Gasteiger partial charge in [0.1, 0.15) is 17.1 Å². The molecule has 0 radical (unpaired) electrons. The number of aromatic nitrogens is 1. The maximum Gasteiger partial charge on any atom is 0.265 e. The fraction of sp³-hybridized carbons (Fsp3) is 0.705. The Balaban J connectivity index is 1.58. The number of allylic oxidation sites excluding steroid dienone is 1. The summed E-state index contributed by atoms with van der Waals surface area (Å²) in [4.78, 5) is 35.0. The Morgan fingerprint density at radius 2 is 1.64 bits per heavy atom. The van der Waals surface area contributed by atoms with Gasteiger partial charge in [-0.2, -0.15) is 0 Å². The number of carbonyl (C=O) groups is 2. The molecule has 1 aromatic heterocycles. The van der Waals surface area contributed by atoms with Gasteiger partial charge in [0.2, 0.25) is 5.78 Å². The van der Waals surface area contributed by atoms with Gasteiger partial charge in [-0.25, -0.2) is 0 Å². The molecule has 4 aliphatic carbocycles. The van der Waals surface area contributed by atoms with E-state index in [1.54, 1.807) is 0 Å². The minimum Gasteiger partial charge on any atom is -0.508 e. The summed E-state index contributed by atoms with van der Waals surface area (Å²) in [5.41, 5.74) is 2.02. The van der Waals surface area contributed by atoms with E-state index in [9.17, 15) is 5.11 Å². The summed E-state index contributed by atoms with van der Waals surface area (Å²) in [6.45, 7) is 20.7. The lowest BCUT2D eigenvalue weighted by atomic mass is 9.58. The standard InChI is InChI=1S/C44H68N4O7Si/c1-14-16-20-52-31-24-27(25-45-43(6,7)28-18-19-28)35(47(8)9)29-22-26-23-30-36(48(10)11)38-34(41(46-54-38)53-21-17-15-2)40(51)44(30,55-56(12,13)42(3,4)5)39(50)32(26)37(49)33(29)31/h24,26,28,30,36,45,50H,14-23,25H2,1-13H3/t26-,30-,36-,44-/m0/s1. The fourth-order valence-corrected chi connectivity index (χ4v) is 10.5. The van der Waals surface area contributed by atoms with E-state index in [4.69, 9.17) is 18.4 Å². The van der Waals surface area contributed by atoms with Gasteiger partial charge in [-0.3, -0.25) is 14.5 Å². The number of hydrogen-bond acceptors (Lipinski definition) is 11. The van der Waals surface area contributed by atoms with E-state index in [2.05, 4.69) is 76.9 Å². The number of Topliss-reactive ketones (excluding diaryl/α,β-unsaturated/α-hetero) is 2. The highest BCUT2D eigenvalue weighted by Crippen LogP contribution is 2.60. The van der Waals surface area contributed by atoms with E-state index in [0.29, 0.717) is 55.6 Å². The van der Waals surface area contributed by atoms with Gasteiger partial charge in [0.25, 0.3) is 5.88 Å². The number of carbonyl (C=O) groups excluding carboxylic acids is 2. The highest BCUT2D eigenvalue weighted by Gasteiger charge is 2.67. The van der Waals surface area contributed by atoms with Gasteiger partial charge in [-0.1, -0.05) is 47.5 Å². The number of fused-ring (bicyclic) bond motifs is 4. The molecule has 56 heavy (non-hydrogen) atoms. The first kappa shape index (κ1) is 42.4. The molecule has 2 aromatic rings. The summed E-state index contributed by atoms with van der Waals surface area (Å²) in [5, 5.41) is 20.9. The lowest BCUT2D eigenvalue weighted by molar-refractivity contribution is -0.0480. The maximum absolute atomic E-state index is 15.5. The summed E-state index contributed by atoms with van der Waals surface area (Å²) >= 11 is 0. The van der Waals surface area contributed by atoms with Crippen molar-refractivity contribution in [1.29, 1.82) is 0 Å². The summed E-state index contributed by atoms with van der Waals surface area (Å²) < 4.78 is 26.0. The van der Waals surface area contributed by atoms with Crippen LogP contribution in [-0.2, 0) is 17.4 Å². The van der Waals surface area contributed by atoms with Crippen LogP contribution in [0.2, 0.25) is 18.1 Å². The van der Waals surface area contributed by atoms with Gasteiger partial charge in [0, 0.05) is 43.4 Å². The molecule has 0 bridgehead atoms. The Hall–Kier alpha value is -3.19. The molecule has 1 aromatic carbocycles. The molecule has 0 unspecified atom stereocenters. The first-order valence-electron chi connectivity index (χ1n) is 21.0. The Morgan fingerprint density at radius 3 is 2.21 bits per heavy atom. The summed E-state index contributed by atoms with van der Waals surface area (Å²) in [7, 11) is 5.14. The monoisotopic (exact) mass is 792 g/mol. The number of unbranched alkanes of at least 4 members (excludes halogenated alkanes) is 2. The number of ketones is 2. The molecule has 0 spiro atoms. The minimum atomic E-state index is -2.82. The van der Waals surface area contributed by atoms with Crippen LogP contribution in [0.25, 0.3) is 0 Å². The predicted molar refractivity (Wildman–Crippen MR) is 223 cm³/mol. The molecule has 0 saturated heterocycles. The van der Waals surface area contributed by atoms with Crippen LogP contribution in [0.1, 0.15) is 137 Å². The van der Waals surface area contributed by atoms with Crippen molar-refractivity contribution in [2.75, 3.05) is 46.3 Å². The highest BCUT2D eigenvalue weighted by molar-refractivity contribution is 6.74. The first-order valence-corrected chi connectivity index (χ1v) is 23.9. The number of hydrogen-bond donors (Lipinski definition) is 2. The molecular formula is C44H68N4O7Si. The molecule has 4 atom stereocenters. The van der Waals surface area contributed by atoms with Crippen LogP contribution in [0, 0.1) is 17.8 Å². The second-order valence-electron chi connectivity index (χ2n) is 19.3. The molecule has 12 heteroatoms. The summed E-state index contributed by atoms with van der Waals surface area (Å²) in [6.07, 6.45) is 6.83. The molecule has 1 saturated carbocycles. The Labute approximate surface area is 336 Å². The second kappa shape index (κ2) is 15.5. The zero-order valence-electron chi connectivity index (χ0n) is 36.4. The van der Waals surface area contributed by atoms with Crippen LogP contribution in [-0.4, -0.2) is 87.6 Å². The Morgan fingerprint density at radius 1 is 1.00 bits per heavy atom. The lowest BCUT2D eigenvalue weighted by Gasteiger charge is -2.55. The van der Waals surface area contributed by atoms with Crippen molar-refractivity contribution >= 4 is 25.6 Å². The van der Waals surface area contributed by atoms with Gasteiger partial charge >= 0.3 is 0 Å². The number of rotatable bonds is 16. The number of ether oxygens (including phenoxy) is 2. The largest absolute Gasteiger partial charge is 0.508 e. The Kier molecular flexibility index (Phi) is 11.8. The number of benzene rings is 1. The van der Waals surface area contributed by atoms with Gasteiger partial charge in [-0.05, 0) is 119 Å². The molecule has 2 N–H and O–H groups in total. The highest BCUT2D eigenvalue weighted by atomic mass is 28.4. The molecule has 0 aliphatic heterocycles. The molecular weight excluding hydrogens is 725 g/mol. The number of nitrogens with one attached hydrogen (secondary N) is 1. The molecule has 11 nitrogen and oxygen atoms in total. The third-order valence-corrected chi connectivity index (χ3v) is 17.8. The average Bonchev–Trinajstić information content (AvgIpc) is 3.89. The molecule has 310 valence electrons. The van der Waals surface area contributed by atoms with E-state index in [0.717, 1.165) is 42.5 Å². The quantitative estimate of drug-likeness (QED) is 0.125. The first-order chi connectivity index (χ1) is 26.2. The van der Waals surface area contributed by atoms with Crippen molar-refractivity contribution in [3.63, 3.8) is 0 Å². The lowest BCUT2D eigenvalue weighted by Crippen LogP contribution is -2.65.